The van der Waals surface area contributed by atoms with Crippen molar-refractivity contribution in [2.24, 2.45) is 0 Å². The number of hydrogen-bond acceptors (Lipinski definition) is 4. The van der Waals surface area contributed by atoms with Gasteiger partial charge in [-0.25, -0.2) is 13.2 Å². The van der Waals surface area contributed by atoms with Crippen molar-refractivity contribution in [3.8, 4) is 5.75 Å². The highest BCUT2D eigenvalue weighted by Gasteiger charge is 2.35. The molecule has 3 rings (SSSR count). The Morgan fingerprint density at radius 3 is 2.67 bits per heavy atom. The van der Waals surface area contributed by atoms with Gasteiger partial charge >= 0.3 is 5.97 Å². The standard InChI is InChI=1S/C14H17NO5S/c1-15(10-3-4-10)21(18,19)11-5-7-12-9(8-11)2-6-13(20-12)14(16)17/h5,7-8,10,13H,2-4,6H2,1H3,(H,16,17)/t13-/m0/s1. The molecule has 7 heteroatoms. The predicted octanol–water partition coefficient (Wildman–Crippen LogP) is 1.25. The van der Waals surface area contributed by atoms with Crippen LogP contribution in [-0.4, -0.2) is 43.0 Å². The third-order valence-corrected chi connectivity index (χ3v) is 5.90. The second-order valence-electron chi connectivity index (χ2n) is 5.51. The van der Waals surface area contributed by atoms with Crippen LogP contribution in [0.15, 0.2) is 23.1 Å². The van der Waals surface area contributed by atoms with Gasteiger partial charge < -0.3 is 9.84 Å². The van der Waals surface area contributed by atoms with Crippen LogP contribution in [0.25, 0.3) is 0 Å². The SMILES string of the molecule is CN(C1CC1)S(=O)(=O)c1ccc2c(c1)CC[C@@H](C(=O)O)O2. The summed E-state index contributed by atoms with van der Waals surface area (Å²) < 4.78 is 31.7. The average Bonchev–Trinajstić information content (AvgIpc) is 3.29. The lowest BCUT2D eigenvalue weighted by Gasteiger charge is -2.24. The van der Waals surface area contributed by atoms with Crippen molar-refractivity contribution in [1.82, 2.24) is 4.31 Å². The van der Waals surface area contributed by atoms with Crippen LogP contribution in [0.4, 0.5) is 0 Å². The van der Waals surface area contributed by atoms with Crippen LogP contribution in [0.2, 0.25) is 0 Å². The summed E-state index contributed by atoms with van der Waals surface area (Å²) in [6.45, 7) is 0. The van der Waals surface area contributed by atoms with Crippen molar-refractivity contribution in [2.75, 3.05) is 7.05 Å². The van der Waals surface area contributed by atoms with E-state index in [-0.39, 0.29) is 10.9 Å². The fourth-order valence-electron chi connectivity index (χ4n) is 2.50. The highest BCUT2D eigenvalue weighted by Crippen LogP contribution is 2.34. The predicted molar refractivity (Wildman–Crippen MR) is 74.8 cm³/mol. The van der Waals surface area contributed by atoms with Crippen LogP contribution in [-0.2, 0) is 21.2 Å². The summed E-state index contributed by atoms with van der Waals surface area (Å²) in [4.78, 5) is 11.2. The van der Waals surface area contributed by atoms with E-state index in [0.717, 1.165) is 18.4 Å². The van der Waals surface area contributed by atoms with Crippen molar-refractivity contribution >= 4 is 16.0 Å². The molecule has 0 amide bonds. The molecule has 1 aromatic rings. The molecule has 1 heterocycles. The number of benzene rings is 1. The molecule has 1 atom stereocenters. The van der Waals surface area contributed by atoms with Gasteiger partial charge in [-0.3, -0.25) is 0 Å². The highest BCUT2D eigenvalue weighted by atomic mass is 32.2. The van der Waals surface area contributed by atoms with Gasteiger partial charge in [0, 0.05) is 13.1 Å². The zero-order valence-electron chi connectivity index (χ0n) is 11.7. The minimum absolute atomic E-state index is 0.110. The van der Waals surface area contributed by atoms with E-state index in [0.29, 0.717) is 18.6 Å². The number of rotatable bonds is 4. The van der Waals surface area contributed by atoms with Gasteiger partial charge in [-0.1, -0.05) is 0 Å². The summed E-state index contributed by atoms with van der Waals surface area (Å²) in [5.74, 6) is -0.535. The van der Waals surface area contributed by atoms with Crippen LogP contribution >= 0.6 is 0 Å². The number of carbonyl (C=O) groups is 1. The average molecular weight is 311 g/mol. The smallest absolute Gasteiger partial charge is 0.344 e. The Hall–Kier alpha value is -1.60. The molecule has 1 N–H and O–H groups in total. The first-order chi connectivity index (χ1) is 9.89. The summed E-state index contributed by atoms with van der Waals surface area (Å²) >= 11 is 0. The topological polar surface area (TPSA) is 83.9 Å². The van der Waals surface area contributed by atoms with Crippen molar-refractivity contribution in [3.05, 3.63) is 23.8 Å². The molecule has 1 saturated carbocycles. The summed E-state index contributed by atoms with van der Waals surface area (Å²) in [5, 5.41) is 8.96. The maximum Gasteiger partial charge on any atom is 0.344 e. The Morgan fingerprint density at radius 1 is 1.33 bits per heavy atom. The van der Waals surface area contributed by atoms with Crippen molar-refractivity contribution < 1.29 is 23.1 Å². The van der Waals surface area contributed by atoms with Gasteiger partial charge in [-0.05, 0) is 49.4 Å². The maximum atomic E-state index is 12.5. The Balaban J connectivity index is 1.89. The van der Waals surface area contributed by atoms with E-state index in [2.05, 4.69) is 0 Å². The van der Waals surface area contributed by atoms with Crippen LogP contribution in [0.1, 0.15) is 24.8 Å². The zero-order chi connectivity index (χ0) is 15.2. The Labute approximate surface area is 123 Å². The fourth-order valence-corrected chi connectivity index (χ4v) is 3.97. The zero-order valence-corrected chi connectivity index (χ0v) is 12.5. The van der Waals surface area contributed by atoms with Gasteiger partial charge in [-0.15, -0.1) is 0 Å². The lowest BCUT2D eigenvalue weighted by molar-refractivity contribution is -0.145. The number of carboxylic acids is 1. The first-order valence-electron chi connectivity index (χ1n) is 6.90. The molecule has 2 aliphatic rings. The van der Waals surface area contributed by atoms with Gasteiger partial charge in [-0.2, -0.15) is 4.31 Å². The largest absolute Gasteiger partial charge is 0.479 e. The van der Waals surface area contributed by atoms with Crippen molar-refractivity contribution in [1.29, 1.82) is 0 Å². The molecular weight excluding hydrogens is 294 g/mol. The molecule has 1 fully saturated rings. The molecule has 0 spiro atoms. The maximum absolute atomic E-state index is 12.5. The number of ether oxygens (including phenoxy) is 1. The number of carboxylic acid groups (broad SMARTS) is 1. The van der Waals surface area contributed by atoms with E-state index in [1.807, 2.05) is 0 Å². The normalized spacial score (nSPS) is 21.7. The lowest BCUT2D eigenvalue weighted by Crippen LogP contribution is -2.31. The summed E-state index contributed by atoms with van der Waals surface area (Å²) in [7, 11) is -1.88. The molecule has 0 saturated heterocycles. The van der Waals surface area contributed by atoms with Crippen LogP contribution in [0.3, 0.4) is 0 Å². The first kappa shape index (κ1) is 14.3. The van der Waals surface area contributed by atoms with Crippen molar-refractivity contribution in [3.63, 3.8) is 0 Å². The lowest BCUT2D eigenvalue weighted by atomic mass is 10.0. The highest BCUT2D eigenvalue weighted by molar-refractivity contribution is 7.89. The first-order valence-corrected chi connectivity index (χ1v) is 8.34. The molecule has 0 unspecified atom stereocenters. The van der Waals surface area contributed by atoms with Crippen molar-refractivity contribution in [2.45, 2.75) is 42.7 Å². The minimum Gasteiger partial charge on any atom is -0.479 e. The molecule has 6 nitrogen and oxygen atoms in total. The number of aliphatic carboxylic acids is 1. The van der Waals surface area contributed by atoms with Crippen LogP contribution in [0, 0.1) is 0 Å². The van der Waals surface area contributed by atoms with E-state index in [9.17, 15) is 13.2 Å². The minimum atomic E-state index is -3.48. The number of aryl methyl sites for hydroxylation is 1. The van der Waals surface area contributed by atoms with Gasteiger partial charge in [0.05, 0.1) is 4.90 Å². The van der Waals surface area contributed by atoms with E-state index < -0.39 is 22.1 Å². The number of hydrogen-bond donors (Lipinski definition) is 1. The van der Waals surface area contributed by atoms with Gasteiger partial charge in [0.2, 0.25) is 10.0 Å². The molecule has 114 valence electrons. The Morgan fingerprint density at radius 2 is 2.05 bits per heavy atom. The summed E-state index contributed by atoms with van der Waals surface area (Å²) in [6.07, 6.45) is 1.82. The Kier molecular flexibility index (Phi) is 3.41. The third kappa shape index (κ3) is 2.63. The molecule has 0 aromatic heterocycles. The molecule has 1 aliphatic heterocycles. The second-order valence-corrected chi connectivity index (χ2v) is 7.50. The number of sulfonamides is 1. The quantitative estimate of drug-likeness (QED) is 0.904. The monoisotopic (exact) mass is 311 g/mol. The van der Waals surface area contributed by atoms with E-state index in [1.54, 1.807) is 19.2 Å². The molecule has 1 aromatic carbocycles. The summed E-state index contributed by atoms with van der Waals surface area (Å²) in [6, 6.07) is 4.75. The molecular formula is C14H17NO5S. The van der Waals surface area contributed by atoms with Crippen LogP contribution < -0.4 is 4.74 Å². The number of fused-ring (bicyclic) bond motifs is 1. The second kappa shape index (κ2) is 4.99. The van der Waals surface area contributed by atoms with Gasteiger partial charge in [0.15, 0.2) is 6.10 Å². The molecule has 21 heavy (non-hydrogen) atoms. The van der Waals surface area contributed by atoms with E-state index in [1.165, 1.54) is 10.4 Å². The molecule has 0 bridgehead atoms. The van der Waals surface area contributed by atoms with Gasteiger partial charge in [0.25, 0.3) is 0 Å². The van der Waals surface area contributed by atoms with E-state index >= 15 is 0 Å². The third-order valence-electron chi connectivity index (χ3n) is 3.99. The fraction of sp³-hybridized carbons (Fsp3) is 0.500. The Bertz CT molecular complexity index is 681. The molecule has 0 radical (unpaired) electrons. The number of nitrogens with zero attached hydrogens (tertiary/aromatic N) is 1. The summed E-state index contributed by atoms with van der Waals surface area (Å²) in [5.41, 5.74) is 0.748. The van der Waals surface area contributed by atoms with E-state index in [4.69, 9.17) is 9.84 Å². The van der Waals surface area contributed by atoms with Crippen LogP contribution in [0.5, 0.6) is 5.75 Å². The molecule has 1 aliphatic carbocycles. The van der Waals surface area contributed by atoms with Gasteiger partial charge in [0.1, 0.15) is 5.75 Å².